The number of ether oxygens (including phenoxy) is 1. The zero-order valence-corrected chi connectivity index (χ0v) is 20.0. The summed E-state index contributed by atoms with van der Waals surface area (Å²) in [6.45, 7) is 0.706. The predicted octanol–water partition coefficient (Wildman–Crippen LogP) is 3.65. The highest BCUT2D eigenvalue weighted by atomic mass is 16.5. The number of fused-ring (bicyclic) bond motifs is 1. The maximum absolute atomic E-state index is 8.89. The molecule has 9 nitrogen and oxygen atoms in total. The Morgan fingerprint density at radius 2 is 1.80 bits per heavy atom. The molecular formula is C26H28N8O. The summed E-state index contributed by atoms with van der Waals surface area (Å²) in [7, 11) is 5.54. The lowest BCUT2D eigenvalue weighted by molar-refractivity contribution is 0.414. The molecule has 3 N–H and O–H groups in total. The fraction of sp³-hybridized carbons (Fsp3) is 0.231. The smallest absolute Gasteiger partial charge is 0.132 e. The Morgan fingerprint density at radius 3 is 2.51 bits per heavy atom. The van der Waals surface area contributed by atoms with Gasteiger partial charge in [-0.25, -0.2) is 4.98 Å². The van der Waals surface area contributed by atoms with Crippen molar-refractivity contribution in [3.63, 3.8) is 0 Å². The van der Waals surface area contributed by atoms with Gasteiger partial charge < -0.3 is 15.0 Å². The summed E-state index contributed by atoms with van der Waals surface area (Å²) in [6, 6.07) is 17.6. The summed E-state index contributed by atoms with van der Waals surface area (Å²) < 4.78 is 8.73. The van der Waals surface area contributed by atoms with Crippen LogP contribution in [-0.2, 0) is 13.5 Å². The molecule has 1 aromatic carbocycles. The zero-order valence-electron chi connectivity index (χ0n) is 20.0. The van der Waals surface area contributed by atoms with Gasteiger partial charge >= 0.3 is 0 Å². The second-order valence-electron chi connectivity index (χ2n) is 8.73. The molecule has 0 bridgehead atoms. The lowest BCUT2D eigenvalue weighted by atomic mass is 9.95. The van der Waals surface area contributed by atoms with Crippen LogP contribution in [0.1, 0.15) is 5.56 Å². The Hall–Kier alpha value is -4.40. The standard InChI is InChI=1S/C26H28N8O/c1-32-16-20(12-17-4-6-21(35-3)7-5-17)26(28)34-22(27)13-19(15-25(32)34)18-8-10-29-23(14-18)31-24-9-11-30-33(24)2/h4-11,13-15,20,27-28H,12,16H2,1-3H3,(H,29,31). The van der Waals surface area contributed by atoms with Crippen molar-refractivity contribution in [3.8, 4) is 16.9 Å². The van der Waals surface area contributed by atoms with E-state index >= 15 is 0 Å². The van der Waals surface area contributed by atoms with Crippen LogP contribution in [0.15, 0.2) is 67.0 Å². The number of nitrogens with one attached hydrogen (secondary N) is 3. The van der Waals surface area contributed by atoms with Gasteiger partial charge in [-0.15, -0.1) is 0 Å². The Kier molecular flexibility index (Phi) is 5.82. The SMILES string of the molecule is COc1ccc(CC2CN(C)c3cc(-c4ccnc(Nc5ccnn5C)c4)cc(=N)n3C2=N)cc1. The van der Waals surface area contributed by atoms with Gasteiger partial charge in [0.1, 0.15) is 34.5 Å². The monoisotopic (exact) mass is 468 g/mol. The fourth-order valence-corrected chi connectivity index (χ4v) is 4.49. The first-order chi connectivity index (χ1) is 16.9. The molecular weight excluding hydrogens is 440 g/mol. The van der Waals surface area contributed by atoms with Crippen molar-refractivity contribution in [2.45, 2.75) is 6.42 Å². The number of aryl methyl sites for hydroxylation is 1. The van der Waals surface area contributed by atoms with Gasteiger partial charge in [0.2, 0.25) is 0 Å². The van der Waals surface area contributed by atoms with Gasteiger partial charge in [0.05, 0.1) is 13.3 Å². The normalized spacial score (nSPS) is 15.1. The van der Waals surface area contributed by atoms with E-state index in [2.05, 4.69) is 20.3 Å². The molecule has 1 atom stereocenters. The number of pyridine rings is 2. The van der Waals surface area contributed by atoms with E-state index in [1.54, 1.807) is 28.8 Å². The molecule has 4 heterocycles. The molecule has 9 heteroatoms. The molecule has 35 heavy (non-hydrogen) atoms. The average Bonchev–Trinajstić information content (AvgIpc) is 3.26. The maximum Gasteiger partial charge on any atom is 0.132 e. The molecule has 1 aliphatic heterocycles. The average molecular weight is 469 g/mol. The zero-order chi connectivity index (χ0) is 24.5. The molecule has 0 aliphatic carbocycles. The minimum atomic E-state index is -0.0172. The third-order valence-corrected chi connectivity index (χ3v) is 6.37. The van der Waals surface area contributed by atoms with Gasteiger partial charge in [-0.05, 0) is 59.5 Å². The van der Waals surface area contributed by atoms with Crippen LogP contribution in [0.3, 0.4) is 0 Å². The van der Waals surface area contributed by atoms with Gasteiger partial charge in [-0.1, -0.05) is 12.1 Å². The largest absolute Gasteiger partial charge is 0.497 e. The number of hydrogen-bond donors (Lipinski definition) is 3. The van der Waals surface area contributed by atoms with Gasteiger partial charge in [0, 0.05) is 38.8 Å². The van der Waals surface area contributed by atoms with Gasteiger partial charge in [0.15, 0.2) is 0 Å². The van der Waals surface area contributed by atoms with Gasteiger partial charge in [0.25, 0.3) is 0 Å². The molecule has 1 aliphatic rings. The van der Waals surface area contributed by atoms with Crippen LogP contribution in [0.4, 0.5) is 17.5 Å². The van der Waals surface area contributed by atoms with Crippen molar-refractivity contribution in [2.75, 3.05) is 30.9 Å². The van der Waals surface area contributed by atoms with Crippen LogP contribution in [0.2, 0.25) is 0 Å². The molecule has 4 aromatic rings. The molecule has 3 aromatic heterocycles. The molecule has 0 amide bonds. The second-order valence-corrected chi connectivity index (χ2v) is 8.73. The first-order valence-electron chi connectivity index (χ1n) is 11.4. The Labute approximate surface area is 203 Å². The lowest BCUT2D eigenvalue weighted by Gasteiger charge is -2.35. The van der Waals surface area contributed by atoms with E-state index < -0.39 is 0 Å². The van der Waals surface area contributed by atoms with E-state index in [1.807, 2.05) is 68.7 Å². The summed E-state index contributed by atoms with van der Waals surface area (Å²) in [5.74, 6) is 3.62. The summed E-state index contributed by atoms with van der Waals surface area (Å²) in [5.41, 5.74) is 3.28. The van der Waals surface area contributed by atoms with Crippen molar-refractivity contribution in [1.29, 1.82) is 10.8 Å². The van der Waals surface area contributed by atoms with Crippen LogP contribution < -0.4 is 20.4 Å². The lowest BCUT2D eigenvalue weighted by Crippen LogP contribution is -2.46. The number of rotatable bonds is 6. The van der Waals surface area contributed by atoms with Crippen LogP contribution in [-0.4, -0.2) is 45.9 Å². The number of hydrogen-bond acceptors (Lipinski definition) is 7. The van der Waals surface area contributed by atoms with E-state index in [0.717, 1.165) is 40.5 Å². The number of methoxy groups -OCH3 is 1. The first-order valence-corrected chi connectivity index (χ1v) is 11.4. The highest BCUT2D eigenvalue weighted by molar-refractivity contribution is 5.90. The van der Waals surface area contributed by atoms with Crippen molar-refractivity contribution in [1.82, 2.24) is 19.3 Å². The topological polar surface area (TPSA) is 108 Å². The minimum absolute atomic E-state index is 0.0172. The Bertz CT molecular complexity index is 1440. The molecule has 0 fully saturated rings. The van der Waals surface area contributed by atoms with Crippen LogP contribution >= 0.6 is 0 Å². The minimum Gasteiger partial charge on any atom is -0.497 e. The molecule has 1 unspecified atom stereocenters. The summed E-state index contributed by atoms with van der Waals surface area (Å²) in [5, 5.41) is 25.1. The molecule has 178 valence electrons. The number of aromatic nitrogens is 4. The molecule has 0 saturated carbocycles. The van der Waals surface area contributed by atoms with Crippen LogP contribution in [0, 0.1) is 16.7 Å². The second kappa shape index (κ2) is 9.09. The van der Waals surface area contributed by atoms with E-state index in [0.29, 0.717) is 18.2 Å². The first kappa shape index (κ1) is 22.4. The number of anilines is 3. The molecule has 5 rings (SSSR count). The fourth-order valence-electron chi connectivity index (χ4n) is 4.49. The van der Waals surface area contributed by atoms with Crippen LogP contribution in [0.25, 0.3) is 11.1 Å². The van der Waals surface area contributed by atoms with Crippen molar-refractivity contribution in [2.24, 2.45) is 13.0 Å². The molecule has 0 saturated heterocycles. The van der Waals surface area contributed by atoms with E-state index in [9.17, 15) is 0 Å². The highest BCUT2D eigenvalue weighted by Crippen LogP contribution is 2.29. The Balaban J connectivity index is 1.43. The highest BCUT2D eigenvalue weighted by Gasteiger charge is 2.28. The van der Waals surface area contributed by atoms with Crippen molar-refractivity contribution >= 4 is 23.3 Å². The van der Waals surface area contributed by atoms with Crippen LogP contribution in [0.5, 0.6) is 5.75 Å². The number of nitrogens with zero attached hydrogens (tertiary/aromatic N) is 5. The maximum atomic E-state index is 8.89. The van der Waals surface area contributed by atoms with E-state index in [4.69, 9.17) is 15.6 Å². The van der Waals surface area contributed by atoms with Crippen molar-refractivity contribution < 1.29 is 4.74 Å². The van der Waals surface area contributed by atoms with E-state index in [1.165, 1.54) is 0 Å². The third-order valence-electron chi connectivity index (χ3n) is 6.37. The summed E-state index contributed by atoms with van der Waals surface area (Å²) in [6.07, 6.45) is 4.21. The van der Waals surface area contributed by atoms with Gasteiger partial charge in [-0.2, -0.15) is 5.10 Å². The quantitative estimate of drug-likeness (QED) is 0.400. The van der Waals surface area contributed by atoms with Gasteiger partial charge in [-0.3, -0.25) is 20.1 Å². The number of benzene rings is 1. The molecule has 0 radical (unpaired) electrons. The van der Waals surface area contributed by atoms with E-state index in [-0.39, 0.29) is 11.4 Å². The van der Waals surface area contributed by atoms with Crippen molar-refractivity contribution in [3.05, 3.63) is 78.0 Å². The predicted molar refractivity (Wildman–Crippen MR) is 137 cm³/mol. The summed E-state index contributed by atoms with van der Waals surface area (Å²) in [4.78, 5) is 6.55. The Morgan fingerprint density at radius 1 is 1.00 bits per heavy atom. The third kappa shape index (κ3) is 4.40. The molecule has 0 spiro atoms. The summed E-state index contributed by atoms with van der Waals surface area (Å²) >= 11 is 0.